The van der Waals surface area contributed by atoms with Crippen LogP contribution in [0.1, 0.15) is 42.4 Å². The number of ketones is 1. The molecule has 0 aliphatic carbocycles. The van der Waals surface area contributed by atoms with Gasteiger partial charge in [-0.3, -0.25) is 9.59 Å². The van der Waals surface area contributed by atoms with Crippen molar-refractivity contribution in [1.82, 2.24) is 4.90 Å². The van der Waals surface area contributed by atoms with E-state index in [9.17, 15) is 14.7 Å². The van der Waals surface area contributed by atoms with Crippen LogP contribution in [0.15, 0.2) is 58.4 Å². The van der Waals surface area contributed by atoms with Crippen LogP contribution in [0.2, 0.25) is 0 Å². The summed E-state index contributed by atoms with van der Waals surface area (Å²) in [6.07, 6.45) is 2.03. The standard InChI is InChI=1S/C22H25NO6/c1-14(2)28-12-6-10-23-19(15-7-4-8-16(13-15)27-3)18(21(25)22(23)26)20(24)17-9-5-11-29-17/h4-5,7-9,11,13-14,19,25H,6,10,12H2,1-3H3. The van der Waals surface area contributed by atoms with E-state index in [4.69, 9.17) is 13.9 Å². The van der Waals surface area contributed by atoms with Crippen LogP contribution in [0.5, 0.6) is 5.75 Å². The van der Waals surface area contributed by atoms with Crippen LogP contribution in [-0.4, -0.2) is 48.1 Å². The number of Topliss-reactive ketones (excluding diaryl/α,β-unsaturated/α-hetero) is 1. The van der Waals surface area contributed by atoms with Crippen LogP contribution < -0.4 is 4.74 Å². The van der Waals surface area contributed by atoms with Crippen LogP contribution >= 0.6 is 0 Å². The first kappa shape index (κ1) is 20.7. The van der Waals surface area contributed by atoms with Crippen LogP contribution in [-0.2, 0) is 9.53 Å². The average Bonchev–Trinajstić information content (AvgIpc) is 3.33. The lowest BCUT2D eigenvalue weighted by Crippen LogP contribution is -2.32. The number of benzene rings is 1. The second-order valence-corrected chi connectivity index (χ2v) is 7.02. The number of furan rings is 1. The van der Waals surface area contributed by atoms with Gasteiger partial charge >= 0.3 is 0 Å². The van der Waals surface area contributed by atoms with Gasteiger partial charge in [0.15, 0.2) is 11.5 Å². The Morgan fingerprint density at radius 3 is 2.72 bits per heavy atom. The van der Waals surface area contributed by atoms with E-state index in [2.05, 4.69) is 0 Å². The van der Waals surface area contributed by atoms with Gasteiger partial charge in [0.2, 0.25) is 5.78 Å². The molecule has 2 aromatic rings. The number of carbonyl (C=O) groups is 2. The minimum Gasteiger partial charge on any atom is -0.503 e. The van der Waals surface area contributed by atoms with Gasteiger partial charge < -0.3 is 23.9 Å². The number of aliphatic hydroxyl groups is 1. The molecule has 0 bridgehead atoms. The van der Waals surface area contributed by atoms with E-state index in [1.807, 2.05) is 13.8 Å². The third-order valence-electron chi connectivity index (χ3n) is 4.70. The van der Waals surface area contributed by atoms with E-state index in [0.29, 0.717) is 30.9 Å². The first-order valence-electron chi connectivity index (χ1n) is 9.52. The second kappa shape index (κ2) is 8.96. The summed E-state index contributed by atoms with van der Waals surface area (Å²) in [5.74, 6) is -0.998. The molecule has 1 aromatic heterocycles. The summed E-state index contributed by atoms with van der Waals surface area (Å²) in [5.41, 5.74) is 0.671. The number of hydrogen-bond acceptors (Lipinski definition) is 6. The number of aliphatic hydroxyl groups excluding tert-OH is 1. The lowest BCUT2D eigenvalue weighted by Gasteiger charge is -2.27. The minimum atomic E-state index is -0.741. The van der Waals surface area contributed by atoms with Gasteiger partial charge in [-0.2, -0.15) is 0 Å². The van der Waals surface area contributed by atoms with Crippen molar-refractivity contribution in [3.63, 3.8) is 0 Å². The van der Waals surface area contributed by atoms with Crippen molar-refractivity contribution in [2.75, 3.05) is 20.3 Å². The molecule has 1 aliphatic heterocycles. The van der Waals surface area contributed by atoms with E-state index in [1.54, 1.807) is 37.4 Å². The molecule has 1 aliphatic rings. The number of amides is 1. The van der Waals surface area contributed by atoms with Gasteiger partial charge in [-0.25, -0.2) is 0 Å². The molecule has 7 heteroatoms. The molecule has 0 fully saturated rings. The summed E-state index contributed by atoms with van der Waals surface area (Å²) < 4.78 is 16.1. The number of ether oxygens (including phenoxy) is 2. The predicted octanol–water partition coefficient (Wildman–Crippen LogP) is 3.68. The molecule has 1 atom stereocenters. The lowest BCUT2D eigenvalue weighted by atomic mass is 9.95. The Labute approximate surface area is 169 Å². The monoisotopic (exact) mass is 399 g/mol. The minimum absolute atomic E-state index is 0.00276. The highest BCUT2D eigenvalue weighted by molar-refractivity contribution is 6.15. The Bertz CT molecular complexity index is 900. The van der Waals surface area contributed by atoms with E-state index < -0.39 is 23.5 Å². The zero-order valence-electron chi connectivity index (χ0n) is 16.8. The molecule has 0 saturated carbocycles. The molecule has 3 rings (SSSR count). The highest BCUT2D eigenvalue weighted by Crippen LogP contribution is 2.39. The molecule has 1 N–H and O–H groups in total. The number of hydrogen-bond donors (Lipinski definition) is 1. The average molecular weight is 399 g/mol. The highest BCUT2D eigenvalue weighted by Gasteiger charge is 2.44. The zero-order chi connectivity index (χ0) is 21.0. The first-order chi connectivity index (χ1) is 13.9. The first-order valence-corrected chi connectivity index (χ1v) is 9.52. The van der Waals surface area contributed by atoms with E-state index in [-0.39, 0.29) is 17.4 Å². The summed E-state index contributed by atoms with van der Waals surface area (Å²) in [4.78, 5) is 27.3. The van der Waals surface area contributed by atoms with Gasteiger partial charge in [0.1, 0.15) is 5.75 Å². The fourth-order valence-electron chi connectivity index (χ4n) is 3.37. The van der Waals surface area contributed by atoms with Gasteiger partial charge in [-0.05, 0) is 50.1 Å². The van der Waals surface area contributed by atoms with Crippen molar-refractivity contribution in [2.45, 2.75) is 32.4 Å². The fourth-order valence-corrected chi connectivity index (χ4v) is 3.37. The molecular weight excluding hydrogens is 374 g/mol. The normalized spacial score (nSPS) is 16.8. The maximum Gasteiger partial charge on any atom is 0.290 e. The second-order valence-electron chi connectivity index (χ2n) is 7.02. The largest absolute Gasteiger partial charge is 0.503 e. The summed E-state index contributed by atoms with van der Waals surface area (Å²) in [6.45, 7) is 4.67. The Morgan fingerprint density at radius 2 is 2.07 bits per heavy atom. The lowest BCUT2D eigenvalue weighted by molar-refractivity contribution is -0.129. The smallest absolute Gasteiger partial charge is 0.290 e. The fraction of sp³-hybridized carbons (Fsp3) is 0.364. The maximum absolute atomic E-state index is 13.0. The van der Waals surface area contributed by atoms with Crippen LogP contribution in [0.4, 0.5) is 0 Å². The zero-order valence-corrected chi connectivity index (χ0v) is 16.8. The Morgan fingerprint density at radius 1 is 1.28 bits per heavy atom. The summed E-state index contributed by atoms with van der Waals surface area (Å²) >= 11 is 0. The Kier molecular flexibility index (Phi) is 6.39. The van der Waals surface area contributed by atoms with Crippen LogP contribution in [0.3, 0.4) is 0 Å². The summed E-state index contributed by atoms with van der Waals surface area (Å²) in [5, 5.41) is 10.6. The molecule has 1 amide bonds. The van der Waals surface area contributed by atoms with Crippen molar-refractivity contribution < 1.29 is 28.6 Å². The van der Waals surface area contributed by atoms with E-state index >= 15 is 0 Å². The molecule has 29 heavy (non-hydrogen) atoms. The van der Waals surface area contributed by atoms with Crippen LogP contribution in [0, 0.1) is 0 Å². The van der Waals surface area contributed by atoms with Crippen molar-refractivity contribution in [3.05, 3.63) is 65.3 Å². The predicted molar refractivity (Wildman–Crippen MR) is 106 cm³/mol. The van der Waals surface area contributed by atoms with Crippen molar-refractivity contribution >= 4 is 11.7 Å². The van der Waals surface area contributed by atoms with Gasteiger partial charge in [-0.15, -0.1) is 0 Å². The topological polar surface area (TPSA) is 89.2 Å². The maximum atomic E-state index is 13.0. The molecule has 1 unspecified atom stereocenters. The van der Waals surface area contributed by atoms with Gasteiger partial charge in [0.25, 0.3) is 5.91 Å². The van der Waals surface area contributed by atoms with Crippen molar-refractivity contribution in [3.8, 4) is 5.75 Å². The summed E-state index contributed by atoms with van der Waals surface area (Å²) in [7, 11) is 1.54. The number of carbonyl (C=O) groups excluding carboxylic acids is 2. The number of methoxy groups -OCH3 is 1. The molecule has 0 spiro atoms. The quantitative estimate of drug-likeness (QED) is 0.511. The molecule has 0 radical (unpaired) electrons. The number of nitrogens with zero attached hydrogens (tertiary/aromatic N) is 1. The molecule has 7 nitrogen and oxygen atoms in total. The molecular formula is C22H25NO6. The Balaban J connectivity index is 1.96. The highest BCUT2D eigenvalue weighted by atomic mass is 16.5. The van der Waals surface area contributed by atoms with Gasteiger partial charge in [-0.1, -0.05) is 12.1 Å². The SMILES string of the molecule is COc1cccc(C2C(C(=O)c3ccco3)=C(O)C(=O)N2CCCOC(C)C)c1. The van der Waals surface area contributed by atoms with Crippen LogP contribution in [0.25, 0.3) is 0 Å². The van der Waals surface area contributed by atoms with Gasteiger partial charge in [0, 0.05) is 13.2 Å². The van der Waals surface area contributed by atoms with Gasteiger partial charge in [0.05, 0.1) is 31.1 Å². The van der Waals surface area contributed by atoms with E-state index in [0.717, 1.165) is 0 Å². The molecule has 2 heterocycles. The Hall–Kier alpha value is -3.06. The third kappa shape index (κ3) is 4.35. The third-order valence-corrected chi connectivity index (χ3v) is 4.70. The summed E-state index contributed by atoms with van der Waals surface area (Å²) in [6, 6.07) is 9.46. The molecule has 1 aromatic carbocycles. The van der Waals surface area contributed by atoms with Crippen molar-refractivity contribution in [2.24, 2.45) is 0 Å². The number of rotatable bonds is 9. The molecule has 0 saturated heterocycles. The van der Waals surface area contributed by atoms with Crippen molar-refractivity contribution in [1.29, 1.82) is 0 Å². The molecule has 154 valence electrons. The van der Waals surface area contributed by atoms with E-state index in [1.165, 1.54) is 17.2 Å².